The van der Waals surface area contributed by atoms with E-state index >= 15 is 0 Å². The minimum absolute atomic E-state index is 0.0441. The monoisotopic (exact) mass is 277 g/mol. The Morgan fingerprint density at radius 2 is 1.94 bits per heavy atom. The van der Waals surface area contributed by atoms with Crippen molar-refractivity contribution in [2.24, 2.45) is 5.92 Å². The second kappa shape index (κ2) is 7.17. The molecule has 17 heavy (non-hydrogen) atoms. The summed E-state index contributed by atoms with van der Waals surface area (Å²) in [5.41, 5.74) is 0. The molecule has 0 radical (unpaired) electrons. The third-order valence-electron chi connectivity index (χ3n) is 2.15. The fourth-order valence-corrected chi connectivity index (χ4v) is 2.33. The first-order valence-electron chi connectivity index (χ1n) is 5.31. The van der Waals surface area contributed by atoms with Gasteiger partial charge in [0.15, 0.2) is 0 Å². The van der Waals surface area contributed by atoms with Gasteiger partial charge in [0.05, 0.1) is 5.75 Å². The van der Waals surface area contributed by atoms with Crippen LogP contribution in [0.15, 0.2) is 0 Å². The van der Waals surface area contributed by atoms with Crippen molar-refractivity contribution in [2.75, 3.05) is 18.9 Å². The lowest BCUT2D eigenvalue weighted by Crippen LogP contribution is -2.31. The number of hydrogen-bond donors (Lipinski definition) is 2. The molecule has 0 spiro atoms. The van der Waals surface area contributed by atoms with Gasteiger partial charge in [-0.15, -0.1) is 0 Å². The summed E-state index contributed by atoms with van der Waals surface area (Å²) in [5, 5.41) is 8.59. The Hall–Kier alpha value is -0.340. The molecule has 4 nitrogen and oxygen atoms in total. The van der Waals surface area contributed by atoms with Crippen molar-refractivity contribution in [3.05, 3.63) is 0 Å². The van der Waals surface area contributed by atoms with Crippen molar-refractivity contribution in [3.63, 3.8) is 0 Å². The van der Waals surface area contributed by atoms with Gasteiger partial charge in [0.1, 0.15) is 0 Å². The molecule has 8 heteroatoms. The van der Waals surface area contributed by atoms with E-state index in [1.807, 2.05) is 0 Å². The van der Waals surface area contributed by atoms with Gasteiger partial charge in [-0.2, -0.15) is 13.2 Å². The second-order valence-electron chi connectivity index (χ2n) is 4.00. The number of aliphatic hydroxyl groups excluding tert-OH is 1. The number of rotatable bonds is 8. The molecule has 104 valence electrons. The molecular weight excluding hydrogens is 259 g/mol. The van der Waals surface area contributed by atoms with Crippen molar-refractivity contribution in [3.8, 4) is 0 Å². The van der Waals surface area contributed by atoms with Crippen LogP contribution >= 0.6 is 0 Å². The van der Waals surface area contributed by atoms with Crippen molar-refractivity contribution in [1.82, 2.24) is 4.72 Å². The standard InChI is InChI=1S/C9H18F3NO3S/c1-8(3-5-14)7-13-17(15,16)6-2-4-9(10,11)12/h8,13-14H,2-7H2,1H3. The van der Waals surface area contributed by atoms with Crippen LogP contribution in [0.4, 0.5) is 13.2 Å². The normalized spacial score (nSPS) is 14.9. The first kappa shape index (κ1) is 16.7. The highest BCUT2D eigenvalue weighted by Gasteiger charge is 2.27. The fraction of sp³-hybridized carbons (Fsp3) is 1.00. The van der Waals surface area contributed by atoms with Gasteiger partial charge in [-0.1, -0.05) is 6.92 Å². The molecule has 0 aliphatic heterocycles. The predicted octanol–water partition coefficient (Wildman–Crippen LogP) is 1.27. The van der Waals surface area contributed by atoms with Crippen LogP contribution in [0.25, 0.3) is 0 Å². The van der Waals surface area contributed by atoms with E-state index in [0.717, 1.165) is 0 Å². The van der Waals surface area contributed by atoms with Crippen LogP contribution in [0.2, 0.25) is 0 Å². The second-order valence-corrected chi connectivity index (χ2v) is 5.93. The van der Waals surface area contributed by atoms with E-state index in [1.165, 1.54) is 0 Å². The van der Waals surface area contributed by atoms with Crippen molar-refractivity contribution in [2.45, 2.75) is 32.4 Å². The molecule has 0 amide bonds. The Labute approximate surface area is 99.3 Å². The third kappa shape index (κ3) is 10.5. The van der Waals surface area contributed by atoms with E-state index < -0.39 is 34.8 Å². The van der Waals surface area contributed by atoms with Gasteiger partial charge in [0.2, 0.25) is 10.0 Å². The van der Waals surface area contributed by atoms with Gasteiger partial charge in [0.25, 0.3) is 0 Å². The highest BCUT2D eigenvalue weighted by molar-refractivity contribution is 7.89. The van der Waals surface area contributed by atoms with Crippen molar-refractivity contribution >= 4 is 10.0 Å². The quantitative estimate of drug-likeness (QED) is 0.702. The summed E-state index contributed by atoms with van der Waals surface area (Å²) in [4.78, 5) is 0. The number of alkyl halides is 3. The molecule has 1 unspecified atom stereocenters. The van der Waals surface area contributed by atoms with E-state index in [1.54, 1.807) is 6.92 Å². The Morgan fingerprint density at radius 3 is 2.41 bits per heavy atom. The van der Waals surface area contributed by atoms with Crippen LogP contribution in [-0.2, 0) is 10.0 Å². The number of nitrogens with one attached hydrogen (secondary N) is 1. The van der Waals surface area contributed by atoms with Gasteiger partial charge in [-0.05, 0) is 18.8 Å². The number of aliphatic hydroxyl groups is 1. The summed E-state index contributed by atoms with van der Waals surface area (Å²) in [6.45, 7) is 1.83. The van der Waals surface area contributed by atoms with Crippen LogP contribution in [0, 0.1) is 5.92 Å². The van der Waals surface area contributed by atoms with Crippen LogP contribution in [0.1, 0.15) is 26.2 Å². The van der Waals surface area contributed by atoms with Crippen LogP contribution in [-0.4, -0.2) is 38.6 Å². The average Bonchev–Trinajstić information content (AvgIpc) is 2.13. The highest BCUT2D eigenvalue weighted by atomic mass is 32.2. The molecule has 0 saturated carbocycles. The molecule has 1 atom stereocenters. The molecule has 0 aromatic rings. The van der Waals surface area contributed by atoms with Crippen LogP contribution in [0.3, 0.4) is 0 Å². The number of hydrogen-bond acceptors (Lipinski definition) is 3. The summed E-state index contributed by atoms with van der Waals surface area (Å²) < 4.78 is 60.2. The van der Waals surface area contributed by atoms with E-state index in [0.29, 0.717) is 6.42 Å². The van der Waals surface area contributed by atoms with E-state index in [2.05, 4.69) is 4.72 Å². The highest BCUT2D eigenvalue weighted by Crippen LogP contribution is 2.21. The number of halogens is 3. The van der Waals surface area contributed by atoms with E-state index in [-0.39, 0.29) is 19.1 Å². The smallest absolute Gasteiger partial charge is 0.389 e. The lowest BCUT2D eigenvalue weighted by Gasteiger charge is -2.12. The Morgan fingerprint density at radius 1 is 1.35 bits per heavy atom. The first-order valence-corrected chi connectivity index (χ1v) is 6.96. The van der Waals surface area contributed by atoms with Gasteiger partial charge < -0.3 is 5.11 Å². The minimum atomic E-state index is -4.32. The van der Waals surface area contributed by atoms with E-state index in [4.69, 9.17) is 5.11 Å². The first-order chi connectivity index (χ1) is 7.66. The summed E-state index contributed by atoms with van der Waals surface area (Å²) in [6.07, 6.45) is -5.40. The molecule has 0 fully saturated rings. The van der Waals surface area contributed by atoms with Crippen LogP contribution < -0.4 is 4.72 Å². The molecule has 0 aromatic heterocycles. The lowest BCUT2D eigenvalue weighted by molar-refractivity contribution is -0.134. The zero-order chi connectivity index (χ0) is 13.5. The molecule has 0 aliphatic carbocycles. The molecule has 0 saturated heterocycles. The Kier molecular flexibility index (Phi) is 7.03. The maximum atomic E-state index is 11.8. The molecule has 0 bridgehead atoms. The lowest BCUT2D eigenvalue weighted by atomic mass is 10.1. The average molecular weight is 277 g/mol. The van der Waals surface area contributed by atoms with Crippen molar-refractivity contribution in [1.29, 1.82) is 0 Å². The summed E-state index contributed by atoms with van der Waals surface area (Å²) in [5.74, 6) is -0.573. The fourth-order valence-electron chi connectivity index (χ4n) is 1.13. The zero-order valence-electron chi connectivity index (χ0n) is 9.63. The summed E-state index contributed by atoms with van der Waals surface area (Å²) in [7, 11) is -3.65. The third-order valence-corrected chi connectivity index (χ3v) is 3.58. The minimum Gasteiger partial charge on any atom is -0.396 e. The van der Waals surface area contributed by atoms with Gasteiger partial charge >= 0.3 is 6.18 Å². The molecule has 2 N–H and O–H groups in total. The molecule has 0 aromatic carbocycles. The predicted molar refractivity (Wildman–Crippen MR) is 57.9 cm³/mol. The van der Waals surface area contributed by atoms with Crippen LogP contribution in [0.5, 0.6) is 0 Å². The van der Waals surface area contributed by atoms with E-state index in [9.17, 15) is 21.6 Å². The Balaban J connectivity index is 3.89. The summed E-state index contributed by atoms with van der Waals surface area (Å²) in [6, 6.07) is 0. The molecule has 0 aliphatic rings. The molecular formula is C9H18F3NO3S. The van der Waals surface area contributed by atoms with Gasteiger partial charge in [-0.25, -0.2) is 13.1 Å². The summed E-state index contributed by atoms with van der Waals surface area (Å²) >= 11 is 0. The Bertz CT molecular complexity index is 303. The molecule has 0 rings (SSSR count). The van der Waals surface area contributed by atoms with Gasteiger partial charge in [-0.3, -0.25) is 0 Å². The van der Waals surface area contributed by atoms with Crippen molar-refractivity contribution < 1.29 is 26.7 Å². The number of sulfonamides is 1. The topological polar surface area (TPSA) is 66.4 Å². The van der Waals surface area contributed by atoms with Gasteiger partial charge in [0, 0.05) is 19.6 Å². The maximum Gasteiger partial charge on any atom is 0.389 e. The molecule has 0 heterocycles. The largest absolute Gasteiger partial charge is 0.396 e. The SMILES string of the molecule is CC(CCO)CNS(=O)(=O)CCCC(F)(F)F. The maximum absolute atomic E-state index is 11.8. The zero-order valence-corrected chi connectivity index (χ0v) is 10.4.